The minimum atomic E-state index is -0.460. The van der Waals surface area contributed by atoms with Crippen LogP contribution in [0.2, 0.25) is 0 Å². The minimum absolute atomic E-state index is 0.342. The number of nitrogens with zero attached hydrogens (tertiary/aromatic N) is 4. The molecule has 2 aromatic heterocycles. The Kier molecular flexibility index (Phi) is 8.27. The largest absolute Gasteiger partial charge is 0.444 e. The van der Waals surface area contributed by atoms with Crippen LogP contribution in [0.25, 0.3) is 22.3 Å². The van der Waals surface area contributed by atoms with Crippen molar-refractivity contribution in [1.29, 1.82) is 0 Å². The second kappa shape index (κ2) is 11.8. The van der Waals surface area contributed by atoms with E-state index in [4.69, 9.17) is 24.5 Å². The van der Waals surface area contributed by atoms with E-state index in [1.807, 2.05) is 27.0 Å². The van der Waals surface area contributed by atoms with Crippen LogP contribution in [0, 0.1) is 0 Å². The molecule has 1 N–H and O–H groups in total. The first-order chi connectivity index (χ1) is 18.4. The topological polar surface area (TPSA) is 91.2 Å². The quantitative estimate of drug-likeness (QED) is 0.314. The summed E-state index contributed by atoms with van der Waals surface area (Å²) < 4.78 is 12.9. The van der Waals surface area contributed by atoms with E-state index in [9.17, 15) is 4.79 Å². The number of ether oxygens (including phenoxy) is 2. The van der Waals surface area contributed by atoms with Gasteiger partial charge in [0.25, 0.3) is 0 Å². The molecule has 1 amide bonds. The second-order valence-corrected chi connectivity index (χ2v) is 11.7. The molecular weight excluding hydrogens is 478 g/mol. The standard InChI is InChI=1S/C30H41N5O3/c1-30(2,3)38-29(36)31-14-6-4-5-7-15-35-20-24(28(34-35)22-8-9-22)27-19-32-25-11-10-23(18-26(25)33-27)21-12-16-37-17-13-21/h10-11,18-22H,4-9,12-17H2,1-3H3,(H,31,36). The number of hydrogen-bond donors (Lipinski definition) is 1. The van der Waals surface area contributed by atoms with Crippen LogP contribution in [-0.2, 0) is 16.0 Å². The Labute approximate surface area is 225 Å². The molecule has 204 valence electrons. The highest BCUT2D eigenvalue weighted by Gasteiger charge is 2.30. The lowest BCUT2D eigenvalue weighted by Gasteiger charge is -2.22. The Morgan fingerprint density at radius 1 is 1.05 bits per heavy atom. The van der Waals surface area contributed by atoms with Crippen LogP contribution in [-0.4, -0.2) is 51.2 Å². The average Bonchev–Trinajstić information content (AvgIpc) is 3.66. The van der Waals surface area contributed by atoms with Gasteiger partial charge in [-0.3, -0.25) is 9.67 Å². The number of carbonyl (C=O) groups excluding carboxylic acids is 1. The number of alkyl carbamates (subject to hydrolysis) is 1. The van der Waals surface area contributed by atoms with Crippen molar-refractivity contribution in [3.8, 4) is 11.3 Å². The van der Waals surface area contributed by atoms with Gasteiger partial charge < -0.3 is 14.8 Å². The number of unbranched alkanes of at least 4 members (excludes halogenated alkanes) is 3. The lowest BCUT2D eigenvalue weighted by molar-refractivity contribution is 0.0527. The van der Waals surface area contributed by atoms with Crippen molar-refractivity contribution in [3.63, 3.8) is 0 Å². The summed E-state index contributed by atoms with van der Waals surface area (Å²) in [5.74, 6) is 1.08. The van der Waals surface area contributed by atoms with Gasteiger partial charge in [0.1, 0.15) is 5.60 Å². The van der Waals surface area contributed by atoms with E-state index < -0.39 is 5.60 Å². The Bertz CT molecular complexity index is 1240. The van der Waals surface area contributed by atoms with Gasteiger partial charge in [-0.25, -0.2) is 9.78 Å². The maximum absolute atomic E-state index is 11.7. The molecule has 8 nitrogen and oxygen atoms in total. The molecule has 5 rings (SSSR count). The summed E-state index contributed by atoms with van der Waals surface area (Å²) >= 11 is 0. The highest BCUT2D eigenvalue weighted by molar-refractivity contribution is 5.78. The lowest BCUT2D eigenvalue weighted by Crippen LogP contribution is -2.32. The fourth-order valence-corrected chi connectivity index (χ4v) is 5.11. The van der Waals surface area contributed by atoms with Gasteiger partial charge >= 0.3 is 6.09 Å². The van der Waals surface area contributed by atoms with Gasteiger partial charge in [0.2, 0.25) is 0 Å². The van der Waals surface area contributed by atoms with Gasteiger partial charge in [-0.1, -0.05) is 18.9 Å². The molecular formula is C30H41N5O3. The number of rotatable bonds is 10. The maximum Gasteiger partial charge on any atom is 0.407 e. The summed E-state index contributed by atoms with van der Waals surface area (Å²) in [7, 11) is 0. The van der Waals surface area contributed by atoms with Gasteiger partial charge in [0, 0.05) is 44.0 Å². The van der Waals surface area contributed by atoms with Gasteiger partial charge in [0.15, 0.2) is 0 Å². The van der Waals surface area contributed by atoms with Crippen molar-refractivity contribution in [3.05, 3.63) is 41.9 Å². The van der Waals surface area contributed by atoms with Gasteiger partial charge in [0.05, 0.1) is 28.6 Å². The summed E-state index contributed by atoms with van der Waals surface area (Å²) in [6.07, 6.45) is 12.4. The molecule has 1 saturated carbocycles. The molecule has 8 heteroatoms. The van der Waals surface area contributed by atoms with Crippen LogP contribution in [0.3, 0.4) is 0 Å². The molecule has 0 unspecified atom stereocenters. The number of nitrogens with one attached hydrogen (secondary N) is 1. The fraction of sp³-hybridized carbons (Fsp3) is 0.600. The second-order valence-electron chi connectivity index (χ2n) is 11.7. The molecule has 1 aromatic carbocycles. The highest BCUT2D eigenvalue weighted by atomic mass is 16.6. The van der Waals surface area contributed by atoms with E-state index in [0.29, 0.717) is 18.4 Å². The molecule has 3 aromatic rings. The monoisotopic (exact) mass is 519 g/mol. The van der Waals surface area contributed by atoms with Gasteiger partial charge in [-0.2, -0.15) is 5.10 Å². The van der Waals surface area contributed by atoms with E-state index in [-0.39, 0.29) is 6.09 Å². The van der Waals surface area contributed by atoms with Crippen molar-refractivity contribution >= 4 is 17.1 Å². The van der Waals surface area contributed by atoms with E-state index in [2.05, 4.69) is 34.4 Å². The van der Waals surface area contributed by atoms with Crippen LogP contribution < -0.4 is 5.32 Å². The molecule has 0 bridgehead atoms. The average molecular weight is 520 g/mol. The molecule has 0 radical (unpaired) electrons. The molecule has 0 spiro atoms. The zero-order chi connectivity index (χ0) is 26.5. The number of aryl methyl sites for hydroxylation is 1. The molecule has 0 atom stereocenters. The van der Waals surface area contributed by atoms with E-state index in [1.54, 1.807) is 0 Å². The van der Waals surface area contributed by atoms with Crippen LogP contribution in [0.4, 0.5) is 4.79 Å². The summed E-state index contributed by atoms with van der Waals surface area (Å²) in [6.45, 7) is 8.82. The number of carbonyl (C=O) groups is 1. The van der Waals surface area contributed by atoms with Crippen LogP contribution >= 0.6 is 0 Å². The van der Waals surface area contributed by atoms with Crippen molar-refractivity contribution in [2.75, 3.05) is 19.8 Å². The van der Waals surface area contributed by atoms with Crippen molar-refractivity contribution < 1.29 is 14.3 Å². The van der Waals surface area contributed by atoms with Crippen molar-refractivity contribution in [2.24, 2.45) is 0 Å². The molecule has 2 aliphatic rings. The molecule has 1 aliphatic carbocycles. The predicted octanol–water partition coefficient (Wildman–Crippen LogP) is 6.35. The number of benzene rings is 1. The summed E-state index contributed by atoms with van der Waals surface area (Å²) in [5, 5.41) is 7.81. The van der Waals surface area contributed by atoms with Crippen molar-refractivity contribution in [1.82, 2.24) is 25.1 Å². The number of hydrogen-bond acceptors (Lipinski definition) is 6. The first-order valence-corrected chi connectivity index (χ1v) is 14.2. The van der Waals surface area contributed by atoms with Crippen LogP contribution in [0.1, 0.15) is 95.2 Å². The van der Waals surface area contributed by atoms with Crippen LogP contribution in [0.5, 0.6) is 0 Å². The van der Waals surface area contributed by atoms with Gasteiger partial charge in [-0.05, 0) is 82.9 Å². The first-order valence-electron chi connectivity index (χ1n) is 14.2. The Morgan fingerprint density at radius 3 is 2.61 bits per heavy atom. The van der Waals surface area contributed by atoms with Crippen LogP contribution in [0.15, 0.2) is 30.6 Å². The summed E-state index contributed by atoms with van der Waals surface area (Å²) in [6, 6.07) is 6.53. The number of fused-ring (bicyclic) bond motifs is 1. The first kappa shape index (κ1) is 26.6. The molecule has 2 fully saturated rings. The third kappa shape index (κ3) is 7.10. The normalized spacial score (nSPS) is 16.6. The van der Waals surface area contributed by atoms with Gasteiger partial charge in [-0.15, -0.1) is 0 Å². The maximum atomic E-state index is 11.7. The SMILES string of the molecule is CC(C)(C)OC(=O)NCCCCCCn1cc(-c2cnc3ccc(C4CCOCC4)cc3n2)c(C2CC2)n1. The number of aromatic nitrogens is 4. The fourth-order valence-electron chi connectivity index (χ4n) is 5.11. The predicted molar refractivity (Wildman–Crippen MR) is 148 cm³/mol. The lowest BCUT2D eigenvalue weighted by atomic mass is 9.91. The Morgan fingerprint density at radius 2 is 1.84 bits per heavy atom. The van der Waals surface area contributed by atoms with E-state index in [0.717, 1.165) is 80.6 Å². The molecule has 38 heavy (non-hydrogen) atoms. The third-order valence-electron chi connectivity index (χ3n) is 7.27. The molecule has 3 heterocycles. The van der Waals surface area contributed by atoms with Crippen molar-refractivity contribution in [2.45, 2.75) is 96.1 Å². The summed E-state index contributed by atoms with van der Waals surface area (Å²) in [5.41, 5.74) is 5.99. The molecule has 1 saturated heterocycles. The minimum Gasteiger partial charge on any atom is -0.444 e. The third-order valence-corrected chi connectivity index (χ3v) is 7.27. The summed E-state index contributed by atoms with van der Waals surface area (Å²) in [4.78, 5) is 21.6. The van der Waals surface area contributed by atoms with E-state index >= 15 is 0 Å². The zero-order valence-electron chi connectivity index (χ0n) is 23.0. The molecule has 1 aliphatic heterocycles. The highest BCUT2D eigenvalue weighted by Crippen LogP contribution is 2.43. The Hall–Kier alpha value is -3.00. The number of amides is 1. The zero-order valence-corrected chi connectivity index (χ0v) is 23.0. The smallest absolute Gasteiger partial charge is 0.407 e. The van der Waals surface area contributed by atoms with E-state index in [1.165, 1.54) is 24.1 Å². The Balaban J connectivity index is 1.18.